The van der Waals surface area contributed by atoms with E-state index in [4.69, 9.17) is 23.2 Å². The van der Waals surface area contributed by atoms with E-state index in [0.717, 1.165) is 13.1 Å². The molecule has 1 aliphatic heterocycles. The zero-order valence-corrected chi connectivity index (χ0v) is 12.6. The van der Waals surface area contributed by atoms with E-state index in [1.807, 2.05) is 4.90 Å². The molecule has 0 unspecified atom stereocenters. The molecule has 1 fully saturated rings. The number of nitrogens with one attached hydrogen (secondary N) is 1. The Hall–Kier alpha value is -0.930. The maximum atomic E-state index is 12.2. The van der Waals surface area contributed by atoms with Crippen LogP contribution in [0, 0.1) is 11.8 Å². The molecule has 0 radical (unpaired) electrons. The van der Waals surface area contributed by atoms with Crippen molar-refractivity contribution in [2.45, 2.75) is 20.3 Å². The van der Waals surface area contributed by atoms with Gasteiger partial charge in [-0.3, -0.25) is 0 Å². The minimum atomic E-state index is -0.0948. The molecule has 1 saturated heterocycles. The van der Waals surface area contributed by atoms with Crippen LogP contribution in [0.25, 0.3) is 0 Å². The van der Waals surface area contributed by atoms with E-state index in [0.29, 0.717) is 27.6 Å². The SMILES string of the molecule is C[C@H]1C[C@H](C)CN(C(=O)Nc2ccc(Cl)cc2Cl)C1. The lowest BCUT2D eigenvalue weighted by molar-refractivity contribution is 0.156. The summed E-state index contributed by atoms with van der Waals surface area (Å²) in [6.07, 6.45) is 1.17. The first kappa shape index (κ1) is 14.5. The highest BCUT2D eigenvalue weighted by atomic mass is 35.5. The van der Waals surface area contributed by atoms with E-state index < -0.39 is 0 Å². The Labute approximate surface area is 123 Å². The average Bonchev–Trinajstić information content (AvgIpc) is 2.31. The monoisotopic (exact) mass is 300 g/mol. The number of hydrogen-bond acceptors (Lipinski definition) is 1. The van der Waals surface area contributed by atoms with Crippen molar-refractivity contribution >= 4 is 34.9 Å². The second kappa shape index (κ2) is 6.02. The van der Waals surface area contributed by atoms with Gasteiger partial charge in [-0.05, 0) is 36.5 Å². The zero-order valence-electron chi connectivity index (χ0n) is 11.1. The summed E-state index contributed by atoms with van der Waals surface area (Å²) in [6.45, 7) is 5.93. The van der Waals surface area contributed by atoms with Gasteiger partial charge in [-0.2, -0.15) is 0 Å². The minimum Gasteiger partial charge on any atom is -0.324 e. The number of carbonyl (C=O) groups is 1. The van der Waals surface area contributed by atoms with Crippen molar-refractivity contribution < 1.29 is 4.79 Å². The van der Waals surface area contributed by atoms with Gasteiger partial charge in [-0.1, -0.05) is 37.0 Å². The van der Waals surface area contributed by atoms with E-state index in [9.17, 15) is 4.79 Å². The van der Waals surface area contributed by atoms with Crippen LogP contribution in [0.1, 0.15) is 20.3 Å². The largest absolute Gasteiger partial charge is 0.324 e. The van der Waals surface area contributed by atoms with Crippen molar-refractivity contribution in [2.75, 3.05) is 18.4 Å². The average molecular weight is 301 g/mol. The number of hydrogen-bond donors (Lipinski definition) is 1. The van der Waals surface area contributed by atoms with Crippen LogP contribution in [0.3, 0.4) is 0 Å². The molecule has 0 bridgehead atoms. The first-order valence-electron chi connectivity index (χ1n) is 6.46. The normalized spacial score (nSPS) is 23.3. The molecular formula is C14H18Cl2N2O. The zero-order chi connectivity index (χ0) is 14.0. The third-order valence-corrected chi connectivity index (χ3v) is 3.88. The second-order valence-corrected chi connectivity index (χ2v) is 6.25. The number of likely N-dealkylation sites (tertiary alicyclic amines) is 1. The molecule has 0 spiro atoms. The molecule has 0 saturated carbocycles. The molecule has 0 aliphatic carbocycles. The molecule has 19 heavy (non-hydrogen) atoms. The quantitative estimate of drug-likeness (QED) is 0.813. The molecule has 1 aromatic rings. The van der Waals surface area contributed by atoms with Crippen molar-refractivity contribution in [1.29, 1.82) is 0 Å². The van der Waals surface area contributed by atoms with Gasteiger partial charge in [-0.15, -0.1) is 0 Å². The highest BCUT2D eigenvalue weighted by Gasteiger charge is 2.25. The highest BCUT2D eigenvalue weighted by molar-refractivity contribution is 6.36. The Morgan fingerprint density at radius 1 is 1.26 bits per heavy atom. The molecule has 1 N–H and O–H groups in total. The van der Waals surface area contributed by atoms with E-state index in [-0.39, 0.29) is 6.03 Å². The summed E-state index contributed by atoms with van der Waals surface area (Å²) >= 11 is 11.9. The predicted octanol–water partition coefficient (Wildman–Crippen LogP) is 4.50. The van der Waals surface area contributed by atoms with Gasteiger partial charge in [0.05, 0.1) is 10.7 Å². The molecule has 104 valence electrons. The number of carbonyl (C=O) groups excluding carboxylic acids is 1. The van der Waals surface area contributed by atoms with Crippen LogP contribution < -0.4 is 5.32 Å². The van der Waals surface area contributed by atoms with Gasteiger partial charge in [0.2, 0.25) is 0 Å². The number of urea groups is 1. The summed E-state index contributed by atoms with van der Waals surface area (Å²) in [5.74, 6) is 1.07. The molecule has 5 heteroatoms. The van der Waals surface area contributed by atoms with Gasteiger partial charge in [-0.25, -0.2) is 4.79 Å². The van der Waals surface area contributed by atoms with Gasteiger partial charge in [0.15, 0.2) is 0 Å². The predicted molar refractivity (Wildman–Crippen MR) is 80.0 cm³/mol. The van der Waals surface area contributed by atoms with Crippen LogP contribution in [0.15, 0.2) is 18.2 Å². The molecule has 1 aliphatic rings. The summed E-state index contributed by atoms with van der Waals surface area (Å²) in [4.78, 5) is 14.1. The van der Waals surface area contributed by atoms with Gasteiger partial charge in [0, 0.05) is 18.1 Å². The number of anilines is 1. The van der Waals surface area contributed by atoms with Crippen LogP contribution in [0.2, 0.25) is 10.0 Å². The number of halogens is 2. The van der Waals surface area contributed by atoms with Crippen LogP contribution >= 0.6 is 23.2 Å². The molecular weight excluding hydrogens is 283 g/mol. The summed E-state index contributed by atoms with van der Waals surface area (Å²) in [6, 6.07) is 4.96. The number of nitrogens with zero attached hydrogens (tertiary/aromatic N) is 1. The first-order chi connectivity index (χ1) is 8.95. The van der Waals surface area contributed by atoms with Crippen LogP contribution in [0.5, 0.6) is 0 Å². The topological polar surface area (TPSA) is 32.3 Å². The number of piperidine rings is 1. The Kier molecular flexibility index (Phi) is 4.58. The fourth-order valence-corrected chi connectivity index (χ4v) is 3.07. The summed E-state index contributed by atoms with van der Waals surface area (Å²) in [5.41, 5.74) is 0.599. The maximum Gasteiger partial charge on any atom is 0.321 e. The lowest BCUT2D eigenvalue weighted by atomic mass is 9.92. The van der Waals surface area contributed by atoms with E-state index >= 15 is 0 Å². The van der Waals surface area contributed by atoms with Crippen molar-refractivity contribution in [2.24, 2.45) is 11.8 Å². The molecule has 2 atom stereocenters. The van der Waals surface area contributed by atoms with Gasteiger partial charge >= 0.3 is 6.03 Å². The van der Waals surface area contributed by atoms with E-state index in [1.165, 1.54) is 6.42 Å². The van der Waals surface area contributed by atoms with Crippen molar-refractivity contribution in [1.82, 2.24) is 4.90 Å². The summed E-state index contributed by atoms with van der Waals surface area (Å²) in [7, 11) is 0. The fourth-order valence-electron chi connectivity index (χ4n) is 2.61. The summed E-state index contributed by atoms with van der Waals surface area (Å²) in [5, 5.41) is 3.86. The molecule has 2 amide bonds. The number of amides is 2. The molecule has 1 aromatic carbocycles. The number of benzene rings is 1. The minimum absolute atomic E-state index is 0.0948. The lowest BCUT2D eigenvalue weighted by Gasteiger charge is -2.35. The third kappa shape index (κ3) is 3.77. The standard InChI is InChI=1S/C14H18Cl2N2O/c1-9-5-10(2)8-18(7-9)14(19)17-13-4-3-11(15)6-12(13)16/h3-4,6,9-10H,5,7-8H2,1-2H3,(H,17,19)/t9-,10-/m0/s1. The van der Waals surface area contributed by atoms with Gasteiger partial charge in [0.25, 0.3) is 0 Å². The Balaban J connectivity index is 2.04. The van der Waals surface area contributed by atoms with Gasteiger partial charge < -0.3 is 10.2 Å². The molecule has 0 aromatic heterocycles. The Morgan fingerprint density at radius 2 is 1.89 bits per heavy atom. The van der Waals surface area contributed by atoms with Gasteiger partial charge in [0.1, 0.15) is 0 Å². The second-order valence-electron chi connectivity index (χ2n) is 5.41. The van der Waals surface area contributed by atoms with Crippen molar-refractivity contribution in [3.8, 4) is 0 Å². The van der Waals surface area contributed by atoms with E-state index in [2.05, 4.69) is 19.2 Å². The maximum absolute atomic E-state index is 12.2. The number of rotatable bonds is 1. The highest BCUT2D eigenvalue weighted by Crippen LogP contribution is 2.27. The molecule has 1 heterocycles. The van der Waals surface area contributed by atoms with E-state index in [1.54, 1.807) is 18.2 Å². The first-order valence-corrected chi connectivity index (χ1v) is 7.22. The molecule has 3 nitrogen and oxygen atoms in total. The van der Waals surface area contributed by atoms with Crippen LogP contribution in [-0.4, -0.2) is 24.0 Å². The molecule has 2 rings (SSSR count). The fraction of sp³-hybridized carbons (Fsp3) is 0.500. The van der Waals surface area contributed by atoms with Crippen LogP contribution in [0.4, 0.5) is 10.5 Å². The van der Waals surface area contributed by atoms with Crippen LogP contribution in [-0.2, 0) is 0 Å². The van der Waals surface area contributed by atoms with Crippen molar-refractivity contribution in [3.05, 3.63) is 28.2 Å². The van der Waals surface area contributed by atoms with Crippen molar-refractivity contribution in [3.63, 3.8) is 0 Å². The lowest BCUT2D eigenvalue weighted by Crippen LogP contribution is -2.44. The third-order valence-electron chi connectivity index (χ3n) is 3.33. The Morgan fingerprint density at radius 3 is 2.47 bits per heavy atom. The Bertz CT molecular complexity index is 469. The smallest absolute Gasteiger partial charge is 0.321 e. The summed E-state index contributed by atoms with van der Waals surface area (Å²) < 4.78 is 0.